The Labute approximate surface area is 132 Å². The summed E-state index contributed by atoms with van der Waals surface area (Å²) in [4.78, 5) is 23.7. The van der Waals surface area contributed by atoms with Gasteiger partial charge < -0.3 is 15.4 Å². The number of halogens is 2. The summed E-state index contributed by atoms with van der Waals surface area (Å²) in [6, 6.07) is 4.79. The second kappa shape index (κ2) is 7.64. The molecule has 0 saturated carbocycles. The van der Waals surface area contributed by atoms with E-state index in [4.69, 9.17) is 27.9 Å². The third kappa shape index (κ3) is 4.88. The van der Waals surface area contributed by atoms with E-state index in [1.807, 2.05) is 0 Å². The van der Waals surface area contributed by atoms with Crippen molar-refractivity contribution in [3.63, 3.8) is 0 Å². The Kier molecular flexibility index (Phi) is 5.85. The number of carbonyl (C=O) groups is 2. The molecule has 1 heterocycles. The SMILES string of the molecule is O=C(CNC(=O)C1CCOCC1)Nc1cc(Cl)ccc1Cl. The highest BCUT2D eigenvalue weighted by Gasteiger charge is 2.21. The van der Waals surface area contributed by atoms with Crippen molar-refractivity contribution in [2.24, 2.45) is 5.92 Å². The smallest absolute Gasteiger partial charge is 0.243 e. The molecule has 1 saturated heterocycles. The van der Waals surface area contributed by atoms with Crippen molar-refractivity contribution in [1.82, 2.24) is 5.32 Å². The summed E-state index contributed by atoms with van der Waals surface area (Å²) in [5, 5.41) is 6.10. The van der Waals surface area contributed by atoms with Crippen LogP contribution < -0.4 is 10.6 Å². The van der Waals surface area contributed by atoms with Crippen LogP contribution in [-0.4, -0.2) is 31.6 Å². The van der Waals surface area contributed by atoms with Crippen molar-refractivity contribution in [2.45, 2.75) is 12.8 Å². The number of hydrogen-bond acceptors (Lipinski definition) is 3. The second-order valence-electron chi connectivity index (χ2n) is 4.78. The first-order chi connectivity index (χ1) is 10.1. The zero-order valence-corrected chi connectivity index (χ0v) is 12.8. The van der Waals surface area contributed by atoms with E-state index in [1.165, 1.54) is 0 Å². The van der Waals surface area contributed by atoms with E-state index in [0.717, 1.165) is 0 Å². The molecular weight excluding hydrogens is 315 g/mol. The molecule has 1 aromatic carbocycles. The van der Waals surface area contributed by atoms with Crippen LogP contribution in [0.5, 0.6) is 0 Å². The quantitative estimate of drug-likeness (QED) is 0.891. The average Bonchev–Trinajstić information content (AvgIpc) is 2.49. The molecule has 0 unspecified atom stereocenters. The van der Waals surface area contributed by atoms with Crippen LogP contribution in [0.2, 0.25) is 10.0 Å². The van der Waals surface area contributed by atoms with Crippen molar-refractivity contribution in [3.05, 3.63) is 28.2 Å². The van der Waals surface area contributed by atoms with E-state index >= 15 is 0 Å². The first-order valence-electron chi connectivity index (χ1n) is 6.66. The third-order valence-electron chi connectivity index (χ3n) is 3.22. The summed E-state index contributed by atoms with van der Waals surface area (Å²) in [6.07, 6.45) is 1.38. The topological polar surface area (TPSA) is 67.4 Å². The van der Waals surface area contributed by atoms with Crippen molar-refractivity contribution in [3.8, 4) is 0 Å². The molecule has 0 atom stereocenters. The fourth-order valence-electron chi connectivity index (χ4n) is 2.06. The van der Waals surface area contributed by atoms with Gasteiger partial charge in [0.05, 0.1) is 17.3 Å². The maximum atomic E-state index is 11.9. The number of amides is 2. The minimum absolute atomic E-state index is 0.0821. The molecule has 1 aliphatic rings. The number of rotatable bonds is 4. The van der Waals surface area contributed by atoms with Crippen LogP contribution in [-0.2, 0) is 14.3 Å². The Bertz CT molecular complexity index is 531. The number of anilines is 1. The highest BCUT2D eigenvalue weighted by atomic mass is 35.5. The van der Waals surface area contributed by atoms with Gasteiger partial charge >= 0.3 is 0 Å². The molecule has 1 fully saturated rings. The Morgan fingerprint density at radius 3 is 2.67 bits per heavy atom. The fourth-order valence-corrected chi connectivity index (χ4v) is 2.40. The maximum absolute atomic E-state index is 11.9. The number of benzene rings is 1. The lowest BCUT2D eigenvalue weighted by molar-refractivity contribution is -0.129. The average molecular weight is 331 g/mol. The summed E-state index contributed by atoms with van der Waals surface area (Å²) < 4.78 is 5.19. The molecule has 0 radical (unpaired) electrons. The van der Waals surface area contributed by atoms with Gasteiger partial charge in [0.2, 0.25) is 11.8 Å². The maximum Gasteiger partial charge on any atom is 0.243 e. The van der Waals surface area contributed by atoms with Crippen LogP contribution >= 0.6 is 23.2 Å². The zero-order chi connectivity index (χ0) is 15.2. The van der Waals surface area contributed by atoms with Gasteiger partial charge in [-0.05, 0) is 31.0 Å². The summed E-state index contributed by atoms with van der Waals surface area (Å²) in [5.41, 5.74) is 0.425. The molecule has 21 heavy (non-hydrogen) atoms. The lowest BCUT2D eigenvalue weighted by Gasteiger charge is -2.21. The van der Waals surface area contributed by atoms with Crippen LogP contribution in [0.4, 0.5) is 5.69 Å². The summed E-state index contributed by atoms with van der Waals surface area (Å²) in [6.45, 7) is 1.07. The van der Waals surface area contributed by atoms with E-state index in [2.05, 4.69) is 10.6 Å². The number of carbonyl (C=O) groups excluding carboxylic acids is 2. The van der Waals surface area contributed by atoms with E-state index in [1.54, 1.807) is 18.2 Å². The van der Waals surface area contributed by atoms with Gasteiger partial charge in [0, 0.05) is 24.2 Å². The van der Waals surface area contributed by atoms with Crippen LogP contribution in [0, 0.1) is 5.92 Å². The summed E-state index contributed by atoms with van der Waals surface area (Å²) >= 11 is 11.8. The third-order valence-corrected chi connectivity index (χ3v) is 3.78. The van der Waals surface area contributed by atoms with Gasteiger partial charge in [0.15, 0.2) is 0 Å². The number of ether oxygens (including phenoxy) is 1. The second-order valence-corrected chi connectivity index (χ2v) is 5.62. The molecule has 7 heteroatoms. The molecule has 2 rings (SSSR count). The van der Waals surface area contributed by atoms with Crippen LogP contribution in [0.3, 0.4) is 0 Å². The van der Waals surface area contributed by atoms with Gasteiger partial charge in [-0.15, -0.1) is 0 Å². The van der Waals surface area contributed by atoms with Crippen molar-refractivity contribution in [2.75, 3.05) is 25.1 Å². The molecule has 2 amide bonds. The lowest BCUT2D eigenvalue weighted by Crippen LogP contribution is -2.38. The molecule has 2 N–H and O–H groups in total. The van der Waals surface area contributed by atoms with Gasteiger partial charge in [-0.25, -0.2) is 0 Å². The zero-order valence-electron chi connectivity index (χ0n) is 11.3. The van der Waals surface area contributed by atoms with Gasteiger partial charge in [-0.1, -0.05) is 23.2 Å². The minimum atomic E-state index is -0.348. The van der Waals surface area contributed by atoms with Crippen LogP contribution in [0.25, 0.3) is 0 Å². The van der Waals surface area contributed by atoms with Crippen molar-refractivity contribution < 1.29 is 14.3 Å². The van der Waals surface area contributed by atoms with Crippen molar-refractivity contribution in [1.29, 1.82) is 0 Å². The Balaban J connectivity index is 1.81. The minimum Gasteiger partial charge on any atom is -0.381 e. The molecule has 0 bridgehead atoms. The van der Waals surface area contributed by atoms with Gasteiger partial charge in [0.1, 0.15) is 0 Å². The summed E-state index contributed by atoms with van der Waals surface area (Å²) in [7, 11) is 0. The predicted molar refractivity (Wildman–Crippen MR) is 81.6 cm³/mol. The Hall–Kier alpha value is -1.30. The van der Waals surface area contributed by atoms with Crippen molar-refractivity contribution >= 4 is 40.7 Å². The Morgan fingerprint density at radius 2 is 1.95 bits per heavy atom. The highest BCUT2D eigenvalue weighted by molar-refractivity contribution is 6.35. The standard InChI is InChI=1S/C14H16Cl2N2O3/c15-10-1-2-11(16)12(7-10)18-13(19)8-17-14(20)9-3-5-21-6-4-9/h1-2,7,9H,3-6,8H2,(H,17,20)(H,18,19). The van der Waals surface area contributed by atoms with E-state index in [-0.39, 0.29) is 24.3 Å². The lowest BCUT2D eigenvalue weighted by atomic mass is 9.99. The Morgan fingerprint density at radius 1 is 1.24 bits per heavy atom. The number of nitrogens with one attached hydrogen (secondary N) is 2. The molecule has 0 aliphatic carbocycles. The largest absolute Gasteiger partial charge is 0.381 e. The fraction of sp³-hybridized carbons (Fsp3) is 0.429. The molecule has 114 valence electrons. The summed E-state index contributed by atoms with van der Waals surface area (Å²) in [5.74, 6) is -0.550. The molecule has 0 aromatic heterocycles. The molecule has 1 aromatic rings. The molecule has 5 nitrogen and oxygen atoms in total. The highest BCUT2D eigenvalue weighted by Crippen LogP contribution is 2.25. The number of hydrogen-bond donors (Lipinski definition) is 2. The van der Waals surface area contributed by atoms with E-state index < -0.39 is 0 Å². The van der Waals surface area contributed by atoms with Crippen LogP contribution in [0.1, 0.15) is 12.8 Å². The first-order valence-corrected chi connectivity index (χ1v) is 7.42. The predicted octanol–water partition coefficient (Wildman–Crippen LogP) is 2.47. The molecular formula is C14H16Cl2N2O3. The first kappa shape index (κ1) is 16.1. The van der Waals surface area contributed by atoms with Crippen LogP contribution in [0.15, 0.2) is 18.2 Å². The molecule has 0 spiro atoms. The molecule has 1 aliphatic heterocycles. The van der Waals surface area contributed by atoms with Gasteiger partial charge in [-0.2, -0.15) is 0 Å². The monoisotopic (exact) mass is 330 g/mol. The van der Waals surface area contributed by atoms with E-state index in [9.17, 15) is 9.59 Å². The van der Waals surface area contributed by atoms with Gasteiger partial charge in [-0.3, -0.25) is 9.59 Å². The van der Waals surface area contributed by atoms with E-state index in [0.29, 0.717) is 41.8 Å². The normalized spacial score (nSPS) is 15.5. The van der Waals surface area contributed by atoms with Gasteiger partial charge in [0.25, 0.3) is 0 Å².